The van der Waals surface area contributed by atoms with Crippen molar-refractivity contribution in [2.24, 2.45) is 5.73 Å². The van der Waals surface area contributed by atoms with Crippen LogP contribution in [0.15, 0.2) is 18.3 Å². The molecule has 0 aliphatic carbocycles. The summed E-state index contributed by atoms with van der Waals surface area (Å²) in [6.07, 6.45) is 2.82. The smallest absolute Gasteiger partial charge is 0.225 e. The molecule has 0 radical (unpaired) electrons. The normalized spacial score (nSPS) is 9.86. The zero-order valence-corrected chi connectivity index (χ0v) is 8.29. The van der Waals surface area contributed by atoms with E-state index in [1.54, 1.807) is 6.20 Å². The average molecular weight is 193 g/mol. The molecule has 0 saturated heterocycles. The first-order valence-electron chi connectivity index (χ1n) is 4.65. The Morgan fingerprint density at radius 3 is 3.07 bits per heavy atom. The van der Waals surface area contributed by atoms with Gasteiger partial charge in [-0.2, -0.15) is 0 Å². The molecule has 1 amide bonds. The second-order valence-corrected chi connectivity index (χ2v) is 3.11. The molecule has 0 aromatic carbocycles. The van der Waals surface area contributed by atoms with Gasteiger partial charge < -0.3 is 11.1 Å². The fourth-order valence-corrected chi connectivity index (χ4v) is 1.07. The first kappa shape index (κ1) is 10.7. The molecule has 0 bridgehead atoms. The number of hydrogen-bond donors (Lipinski definition) is 2. The molecule has 1 aromatic rings. The summed E-state index contributed by atoms with van der Waals surface area (Å²) in [5, 5.41) is 2.74. The van der Waals surface area contributed by atoms with Crippen LogP contribution < -0.4 is 11.1 Å². The average Bonchev–Trinajstić information content (AvgIpc) is 2.18. The maximum absolute atomic E-state index is 11.3. The van der Waals surface area contributed by atoms with Gasteiger partial charge in [-0.05, 0) is 31.5 Å². The minimum absolute atomic E-state index is 0.0303. The number of hydrogen-bond acceptors (Lipinski definition) is 3. The third kappa shape index (κ3) is 3.14. The lowest BCUT2D eigenvalue weighted by atomic mass is 10.2. The van der Waals surface area contributed by atoms with Crippen LogP contribution in [0.25, 0.3) is 0 Å². The molecule has 14 heavy (non-hydrogen) atoms. The van der Waals surface area contributed by atoms with Gasteiger partial charge in [-0.25, -0.2) is 4.98 Å². The Hall–Kier alpha value is -1.42. The van der Waals surface area contributed by atoms with Gasteiger partial charge in [0.05, 0.1) is 0 Å². The van der Waals surface area contributed by atoms with Crippen molar-refractivity contribution in [2.45, 2.75) is 19.8 Å². The summed E-state index contributed by atoms with van der Waals surface area (Å²) in [7, 11) is 0. The fraction of sp³-hybridized carbons (Fsp3) is 0.400. The van der Waals surface area contributed by atoms with Crippen LogP contribution in [0.4, 0.5) is 5.82 Å². The molecule has 4 nitrogen and oxygen atoms in total. The molecule has 0 unspecified atom stereocenters. The lowest BCUT2D eigenvalue weighted by Gasteiger charge is -2.05. The first-order valence-corrected chi connectivity index (χ1v) is 4.65. The summed E-state index contributed by atoms with van der Waals surface area (Å²) in [5.41, 5.74) is 6.27. The minimum atomic E-state index is -0.0303. The van der Waals surface area contributed by atoms with Crippen molar-refractivity contribution in [3.05, 3.63) is 23.9 Å². The minimum Gasteiger partial charge on any atom is -0.330 e. The molecule has 4 heteroatoms. The molecule has 0 aliphatic heterocycles. The molecule has 1 heterocycles. The summed E-state index contributed by atoms with van der Waals surface area (Å²) >= 11 is 0. The number of carbonyl (C=O) groups excluding carboxylic acids is 1. The van der Waals surface area contributed by atoms with Crippen molar-refractivity contribution in [2.75, 3.05) is 11.9 Å². The SMILES string of the molecule is Cc1cccnc1NC(=O)CCCN. The molecule has 3 N–H and O–H groups in total. The van der Waals surface area contributed by atoms with Crippen LogP contribution >= 0.6 is 0 Å². The van der Waals surface area contributed by atoms with E-state index in [4.69, 9.17) is 5.73 Å². The third-order valence-electron chi connectivity index (χ3n) is 1.88. The highest BCUT2D eigenvalue weighted by molar-refractivity contribution is 5.90. The predicted octanol–water partition coefficient (Wildman–Crippen LogP) is 1.07. The molecule has 0 atom stereocenters. The Morgan fingerprint density at radius 1 is 1.64 bits per heavy atom. The van der Waals surface area contributed by atoms with E-state index in [9.17, 15) is 4.79 Å². The van der Waals surface area contributed by atoms with Crippen molar-refractivity contribution in [1.82, 2.24) is 4.98 Å². The summed E-state index contributed by atoms with van der Waals surface area (Å²) in [6.45, 7) is 2.44. The first-order chi connectivity index (χ1) is 6.74. The Balaban J connectivity index is 2.52. The van der Waals surface area contributed by atoms with Gasteiger partial charge in [0.15, 0.2) is 0 Å². The number of amides is 1. The largest absolute Gasteiger partial charge is 0.330 e. The maximum Gasteiger partial charge on any atom is 0.225 e. The highest BCUT2D eigenvalue weighted by Crippen LogP contribution is 2.09. The Kier molecular flexibility index (Phi) is 4.07. The van der Waals surface area contributed by atoms with Crippen molar-refractivity contribution < 1.29 is 4.79 Å². The van der Waals surface area contributed by atoms with Crippen molar-refractivity contribution in [3.8, 4) is 0 Å². The quantitative estimate of drug-likeness (QED) is 0.751. The standard InChI is InChI=1S/C10H15N3O/c1-8-4-3-7-12-10(8)13-9(14)5-2-6-11/h3-4,7H,2,5-6,11H2,1H3,(H,12,13,14). The van der Waals surface area contributed by atoms with E-state index >= 15 is 0 Å². The zero-order chi connectivity index (χ0) is 10.4. The van der Waals surface area contributed by atoms with Gasteiger partial charge in [0.2, 0.25) is 5.91 Å². The van der Waals surface area contributed by atoms with E-state index in [-0.39, 0.29) is 5.91 Å². The lowest BCUT2D eigenvalue weighted by molar-refractivity contribution is -0.116. The zero-order valence-electron chi connectivity index (χ0n) is 8.29. The van der Waals surface area contributed by atoms with Crippen LogP contribution in [0.2, 0.25) is 0 Å². The summed E-state index contributed by atoms with van der Waals surface area (Å²) in [6, 6.07) is 3.75. The highest BCUT2D eigenvalue weighted by atomic mass is 16.1. The van der Waals surface area contributed by atoms with E-state index < -0.39 is 0 Å². The maximum atomic E-state index is 11.3. The van der Waals surface area contributed by atoms with Crippen LogP contribution in [0.3, 0.4) is 0 Å². The molecule has 1 rings (SSSR count). The number of anilines is 1. The van der Waals surface area contributed by atoms with Gasteiger partial charge in [0.25, 0.3) is 0 Å². The van der Waals surface area contributed by atoms with Gasteiger partial charge >= 0.3 is 0 Å². The topological polar surface area (TPSA) is 68.0 Å². The summed E-state index contributed by atoms with van der Waals surface area (Å²) in [5.74, 6) is 0.603. The third-order valence-corrected chi connectivity index (χ3v) is 1.88. The number of pyridine rings is 1. The van der Waals surface area contributed by atoms with Crippen molar-refractivity contribution in [3.63, 3.8) is 0 Å². The van der Waals surface area contributed by atoms with Gasteiger partial charge in [-0.3, -0.25) is 4.79 Å². The van der Waals surface area contributed by atoms with E-state index in [0.29, 0.717) is 25.2 Å². The van der Waals surface area contributed by atoms with Crippen LogP contribution in [0, 0.1) is 6.92 Å². The number of aryl methyl sites for hydroxylation is 1. The van der Waals surface area contributed by atoms with Crippen LogP contribution in [0.1, 0.15) is 18.4 Å². The van der Waals surface area contributed by atoms with Crippen molar-refractivity contribution >= 4 is 11.7 Å². The second-order valence-electron chi connectivity index (χ2n) is 3.11. The summed E-state index contributed by atoms with van der Waals surface area (Å²) < 4.78 is 0. The van der Waals surface area contributed by atoms with Gasteiger partial charge in [-0.15, -0.1) is 0 Å². The fourth-order valence-electron chi connectivity index (χ4n) is 1.07. The molecule has 0 fully saturated rings. The molecule has 0 aliphatic rings. The van der Waals surface area contributed by atoms with Gasteiger partial charge in [0, 0.05) is 12.6 Å². The van der Waals surface area contributed by atoms with E-state index in [0.717, 1.165) is 5.56 Å². The number of nitrogens with zero attached hydrogens (tertiary/aromatic N) is 1. The van der Waals surface area contributed by atoms with Crippen LogP contribution in [-0.2, 0) is 4.79 Å². The predicted molar refractivity (Wildman–Crippen MR) is 55.9 cm³/mol. The van der Waals surface area contributed by atoms with E-state index in [2.05, 4.69) is 10.3 Å². The molecule has 76 valence electrons. The Bertz CT molecular complexity index is 312. The number of nitrogens with one attached hydrogen (secondary N) is 1. The van der Waals surface area contributed by atoms with Crippen LogP contribution in [-0.4, -0.2) is 17.4 Å². The van der Waals surface area contributed by atoms with Gasteiger partial charge in [-0.1, -0.05) is 6.07 Å². The molecule has 0 saturated carbocycles. The Morgan fingerprint density at radius 2 is 2.43 bits per heavy atom. The molecular weight excluding hydrogens is 178 g/mol. The molecular formula is C10H15N3O. The summed E-state index contributed by atoms with van der Waals surface area (Å²) in [4.78, 5) is 15.4. The van der Waals surface area contributed by atoms with Gasteiger partial charge in [0.1, 0.15) is 5.82 Å². The van der Waals surface area contributed by atoms with Crippen molar-refractivity contribution in [1.29, 1.82) is 0 Å². The van der Waals surface area contributed by atoms with E-state index in [1.165, 1.54) is 0 Å². The number of aromatic nitrogens is 1. The Labute approximate surface area is 83.5 Å². The van der Waals surface area contributed by atoms with Crippen LogP contribution in [0.5, 0.6) is 0 Å². The number of nitrogens with two attached hydrogens (primary N) is 1. The van der Waals surface area contributed by atoms with E-state index in [1.807, 2.05) is 19.1 Å². The number of carbonyl (C=O) groups is 1. The molecule has 0 spiro atoms. The lowest BCUT2D eigenvalue weighted by Crippen LogP contribution is -2.14. The highest BCUT2D eigenvalue weighted by Gasteiger charge is 2.03. The number of rotatable bonds is 4. The molecule has 1 aromatic heterocycles. The second kappa shape index (κ2) is 5.34. The monoisotopic (exact) mass is 193 g/mol.